The molecule has 51 heavy (non-hydrogen) atoms. The Labute approximate surface area is 308 Å². The summed E-state index contributed by atoms with van der Waals surface area (Å²) in [6, 6.07) is 27.1. The summed E-state index contributed by atoms with van der Waals surface area (Å²) in [5.41, 5.74) is 6.17. The number of nitrogens with zero attached hydrogens (tertiary/aromatic N) is 5. The Bertz CT molecular complexity index is 2250. The van der Waals surface area contributed by atoms with Crippen molar-refractivity contribution in [2.24, 2.45) is 0 Å². The minimum absolute atomic E-state index is 0.161. The fourth-order valence-electron chi connectivity index (χ4n) is 6.24. The highest BCUT2D eigenvalue weighted by molar-refractivity contribution is 7.18. The number of aromatic nitrogens is 6. The molecule has 0 fully saturated rings. The first-order valence-electron chi connectivity index (χ1n) is 16.6. The largest absolute Gasteiger partial charge is 0.497 e. The van der Waals surface area contributed by atoms with Gasteiger partial charge in [0.05, 0.1) is 28.9 Å². The van der Waals surface area contributed by atoms with Gasteiger partial charge in [-0.1, -0.05) is 40.5 Å². The number of carbonyl (C=O) groups excluding carboxylic acids is 1. The van der Waals surface area contributed by atoms with Crippen molar-refractivity contribution in [3.8, 4) is 11.5 Å². The molecule has 10 nitrogen and oxygen atoms in total. The molecule has 13 heteroatoms. The Hall–Kier alpha value is -4.97. The number of hydrogen-bond acceptors (Lipinski definition) is 8. The average molecular weight is 741 g/mol. The van der Waals surface area contributed by atoms with E-state index in [1.807, 2.05) is 42.5 Å². The number of thiazole rings is 1. The maximum atomic E-state index is 13.4. The van der Waals surface area contributed by atoms with Gasteiger partial charge in [0.2, 0.25) is 0 Å². The smallest absolute Gasteiger partial charge is 0.251 e. The van der Waals surface area contributed by atoms with Gasteiger partial charge in [0, 0.05) is 57.7 Å². The lowest BCUT2D eigenvalue weighted by Gasteiger charge is -2.12. The van der Waals surface area contributed by atoms with Crippen LogP contribution in [0.15, 0.2) is 84.9 Å². The molecule has 0 bridgehead atoms. The molecule has 0 saturated heterocycles. The molecular formula is C38H35Cl2N7O3S. The number of amides is 1. The Morgan fingerprint density at radius 2 is 1.67 bits per heavy atom. The molecule has 0 aliphatic carbocycles. The van der Waals surface area contributed by atoms with Gasteiger partial charge in [-0.3, -0.25) is 4.79 Å². The summed E-state index contributed by atoms with van der Waals surface area (Å²) in [5, 5.41) is 21.2. The first-order valence-corrected chi connectivity index (χ1v) is 18.2. The van der Waals surface area contributed by atoms with E-state index >= 15 is 0 Å². The third-order valence-corrected chi connectivity index (χ3v) is 10.4. The molecule has 0 radical (unpaired) electrons. The molecule has 3 aromatic heterocycles. The van der Waals surface area contributed by atoms with Crippen LogP contribution in [0.1, 0.15) is 38.0 Å². The van der Waals surface area contributed by atoms with E-state index in [0.29, 0.717) is 53.3 Å². The highest BCUT2D eigenvalue weighted by atomic mass is 35.5. The van der Waals surface area contributed by atoms with Gasteiger partial charge in [0.15, 0.2) is 5.82 Å². The van der Waals surface area contributed by atoms with Crippen molar-refractivity contribution < 1.29 is 14.3 Å². The molecule has 0 saturated carbocycles. The molecular weight excluding hydrogens is 705 g/mol. The number of nitrogens with one attached hydrogen (secondary N) is 2. The standard InChI is InChI=1S/C38H35Cl2N7O3S/c1-49-29-12-16-35-32(23-29)42-37(51-35)17-15-33-30(13-4-24-2-6-26(39)7-3-24)31-22-25(5-14-34(31)47(33)20-18-36-43-45-46-44-36)38(48)41-19-21-50-28-10-8-27(40)9-11-28/h2-3,5-12,14,16,22-23H,4,13,15,17-21H2,1H3,(H,41,48)(H,43,44,45,46). The van der Waals surface area contributed by atoms with Gasteiger partial charge < -0.3 is 19.4 Å². The molecule has 1 amide bonds. The molecule has 260 valence electrons. The maximum Gasteiger partial charge on any atom is 0.251 e. The average Bonchev–Trinajstić information content (AvgIpc) is 3.89. The Morgan fingerprint density at radius 3 is 2.43 bits per heavy atom. The van der Waals surface area contributed by atoms with Gasteiger partial charge >= 0.3 is 0 Å². The van der Waals surface area contributed by atoms with E-state index in [-0.39, 0.29) is 5.91 Å². The molecule has 0 atom stereocenters. The topological polar surface area (TPSA) is 120 Å². The number of methoxy groups -OCH3 is 1. The van der Waals surface area contributed by atoms with E-state index in [0.717, 1.165) is 57.6 Å². The minimum Gasteiger partial charge on any atom is -0.497 e. The number of hydrogen-bond donors (Lipinski definition) is 2. The zero-order valence-corrected chi connectivity index (χ0v) is 30.2. The Balaban J connectivity index is 1.19. The summed E-state index contributed by atoms with van der Waals surface area (Å²) in [5.74, 6) is 1.97. The second-order valence-corrected chi connectivity index (χ2v) is 14.0. The molecule has 7 aromatic rings. The van der Waals surface area contributed by atoms with Crippen molar-refractivity contribution in [3.63, 3.8) is 0 Å². The SMILES string of the molecule is COc1ccc2sc(CCc3c(CCc4ccc(Cl)cc4)c4cc(C(=O)NCCOc5ccc(Cl)cc5)ccc4n3CCc3nn[nH]n3)nc2c1. The van der Waals surface area contributed by atoms with Gasteiger partial charge in [-0.25, -0.2) is 4.98 Å². The van der Waals surface area contributed by atoms with Crippen molar-refractivity contribution in [2.45, 2.75) is 38.6 Å². The van der Waals surface area contributed by atoms with Crippen LogP contribution in [-0.2, 0) is 38.6 Å². The van der Waals surface area contributed by atoms with Gasteiger partial charge in [-0.2, -0.15) is 5.21 Å². The Kier molecular flexibility index (Phi) is 10.8. The number of ether oxygens (including phenoxy) is 2. The van der Waals surface area contributed by atoms with E-state index in [1.165, 1.54) is 16.8 Å². The fourth-order valence-corrected chi connectivity index (χ4v) is 7.44. The molecule has 7 rings (SSSR count). The summed E-state index contributed by atoms with van der Waals surface area (Å²) in [6.45, 7) is 1.34. The number of fused-ring (bicyclic) bond motifs is 2. The van der Waals surface area contributed by atoms with Crippen LogP contribution < -0.4 is 14.8 Å². The molecule has 3 heterocycles. The van der Waals surface area contributed by atoms with Crippen molar-refractivity contribution >= 4 is 61.6 Å². The van der Waals surface area contributed by atoms with Crippen LogP contribution in [0.4, 0.5) is 0 Å². The van der Waals surface area contributed by atoms with Crippen molar-refractivity contribution in [3.05, 3.63) is 128 Å². The van der Waals surface area contributed by atoms with Crippen LogP contribution in [0, 0.1) is 0 Å². The second-order valence-electron chi connectivity index (χ2n) is 12.0. The zero-order chi connectivity index (χ0) is 35.2. The first kappa shape index (κ1) is 34.5. The lowest BCUT2D eigenvalue weighted by molar-refractivity contribution is 0.0947. The predicted octanol–water partition coefficient (Wildman–Crippen LogP) is 7.70. The summed E-state index contributed by atoms with van der Waals surface area (Å²) in [7, 11) is 1.67. The van der Waals surface area contributed by atoms with Crippen LogP contribution in [0.2, 0.25) is 10.0 Å². The van der Waals surface area contributed by atoms with Crippen molar-refractivity contribution in [2.75, 3.05) is 20.3 Å². The van der Waals surface area contributed by atoms with E-state index in [9.17, 15) is 4.79 Å². The van der Waals surface area contributed by atoms with E-state index in [1.54, 1.807) is 42.7 Å². The predicted molar refractivity (Wildman–Crippen MR) is 202 cm³/mol. The first-order chi connectivity index (χ1) is 24.9. The number of benzene rings is 4. The highest BCUT2D eigenvalue weighted by Gasteiger charge is 2.20. The second kappa shape index (κ2) is 15.9. The van der Waals surface area contributed by atoms with Gasteiger partial charge in [0.25, 0.3) is 5.91 Å². The maximum absolute atomic E-state index is 13.4. The molecule has 0 aliphatic rings. The number of carbonyl (C=O) groups is 1. The van der Waals surface area contributed by atoms with Crippen LogP contribution in [0.3, 0.4) is 0 Å². The fraction of sp³-hybridized carbons (Fsp3) is 0.237. The number of tetrazole rings is 1. The van der Waals surface area contributed by atoms with Crippen LogP contribution in [-0.4, -0.2) is 56.3 Å². The molecule has 0 unspecified atom stereocenters. The van der Waals surface area contributed by atoms with Crippen LogP contribution >= 0.6 is 34.5 Å². The van der Waals surface area contributed by atoms with Crippen molar-refractivity contribution in [1.82, 2.24) is 35.5 Å². The van der Waals surface area contributed by atoms with E-state index in [4.69, 9.17) is 37.7 Å². The van der Waals surface area contributed by atoms with Crippen LogP contribution in [0.5, 0.6) is 11.5 Å². The molecule has 0 spiro atoms. The van der Waals surface area contributed by atoms with Gasteiger partial charge in [-0.05, 0) is 97.1 Å². The lowest BCUT2D eigenvalue weighted by atomic mass is 9.99. The summed E-state index contributed by atoms with van der Waals surface area (Å²) in [6.07, 6.45) is 3.71. The molecule has 2 N–H and O–H groups in total. The number of halogens is 2. The van der Waals surface area contributed by atoms with Gasteiger partial charge in [0.1, 0.15) is 18.1 Å². The third kappa shape index (κ3) is 8.33. The normalized spacial score (nSPS) is 11.4. The third-order valence-electron chi connectivity index (χ3n) is 8.76. The van der Waals surface area contributed by atoms with E-state index in [2.05, 4.69) is 48.7 Å². The minimum atomic E-state index is -0.161. The highest BCUT2D eigenvalue weighted by Crippen LogP contribution is 2.32. The number of aryl methyl sites for hydroxylation is 5. The van der Waals surface area contributed by atoms with Gasteiger partial charge in [-0.15, -0.1) is 21.5 Å². The Morgan fingerprint density at radius 1 is 0.882 bits per heavy atom. The molecule has 0 aliphatic heterocycles. The number of H-pyrrole nitrogens is 1. The van der Waals surface area contributed by atoms with Crippen molar-refractivity contribution in [1.29, 1.82) is 0 Å². The molecule has 4 aromatic carbocycles. The summed E-state index contributed by atoms with van der Waals surface area (Å²) >= 11 is 13.9. The summed E-state index contributed by atoms with van der Waals surface area (Å²) in [4.78, 5) is 18.4. The zero-order valence-electron chi connectivity index (χ0n) is 27.9. The van der Waals surface area contributed by atoms with Crippen LogP contribution in [0.25, 0.3) is 21.1 Å². The monoisotopic (exact) mass is 739 g/mol. The summed E-state index contributed by atoms with van der Waals surface area (Å²) < 4.78 is 14.7. The van der Waals surface area contributed by atoms with E-state index < -0.39 is 0 Å². The number of aromatic amines is 1. The lowest BCUT2D eigenvalue weighted by Crippen LogP contribution is -2.28. The number of rotatable bonds is 15. The quantitative estimate of drug-likeness (QED) is 0.103.